The number of amides is 1. The fourth-order valence-corrected chi connectivity index (χ4v) is 3.85. The summed E-state index contributed by atoms with van der Waals surface area (Å²) in [7, 11) is 1.87. The van der Waals surface area contributed by atoms with Crippen molar-refractivity contribution >= 4 is 5.91 Å². The quantitative estimate of drug-likeness (QED) is 0.892. The number of carbonyl (C=O) groups excluding carboxylic acids is 1. The highest BCUT2D eigenvalue weighted by Crippen LogP contribution is 2.37. The van der Waals surface area contributed by atoms with Crippen LogP contribution < -0.4 is 14.8 Å². The van der Waals surface area contributed by atoms with Gasteiger partial charge in [-0.1, -0.05) is 18.2 Å². The molecule has 1 N–H and O–H groups in total. The number of para-hydroxylation sites is 1. The van der Waals surface area contributed by atoms with Crippen LogP contribution in [0.5, 0.6) is 11.5 Å². The molecule has 3 heterocycles. The molecule has 0 bridgehead atoms. The zero-order valence-electron chi connectivity index (χ0n) is 14.9. The van der Waals surface area contributed by atoms with Crippen LogP contribution in [0.3, 0.4) is 0 Å². The average molecular weight is 353 g/mol. The molecule has 0 unspecified atom stereocenters. The highest BCUT2D eigenvalue weighted by Gasteiger charge is 2.38. The van der Waals surface area contributed by atoms with E-state index in [9.17, 15) is 4.79 Å². The van der Waals surface area contributed by atoms with E-state index in [1.54, 1.807) is 6.20 Å². The lowest BCUT2D eigenvalue weighted by Gasteiger charge is -2.26. The van der Waals surface area contributed by atoms with Crippen molar-refractivity contribution in [2.45, 2.75) is 19.0 Å². The Morgan fingerprint density at radius 1 is 1.23 bits per heavy atom. The van der Waals surface area contributed by atoms with Crippen LogP contribution >= 0.6 is 0 Å². The summed E-state index contributed by atoms with van der Waals surface area (Å²) in [5, 5.41) is 3.50. The summed E-state index contributed by atoms with van der Waals surface area (Å²) in [6.07, 6.45) is 4.16. The monoisotopic (exact) mass is 353 g/mol. The third kappa shape index (κ3) is 3.24. The first-order valence-electron chi connectivity index (χ1n) is 8.98. The van der Waals surface area contributed by atoms with E-state index in [2.05, 4.69) is 10.3 Å². The molecule has 2 aliphatic heterocycles. The van der Waals surface area contributed by atoms with Gasteiger partial charge in [0.15, 0.2) is 11.5 Å². The minimum absolute atomic E-state index is 0.0629. The van der Waals surface area contributed by atoms with Gasteiger partial charge in [0.1, 0.15) is 13.2 Å². The first-order chi connectivity index (χ1) is 12.7. The van der Waals surface area contributed by atoms with E-state index in [1.165, 1.54) is 0 Å². The maximum atomic E-state index is 12.2. The molecule has 6 nitrogen and oxygen atoms in total. The minimum Gasteiger partial charge on any atom is -0.486 e. The SMILES string of the molecule is CN1C(=O)C[C@@H](CNCc2cccc3c2OCCO3)[C@@H]1c1cccnc1. The van der Waals surface area contributed by atoms with Gasteiger partial charge in [-0.15, -0.1) is 0 Å². The van der Waals surface area contributed by atoms with Crippen molar-refractivity contribution < 1.29 is 14.3 Å². The molecule has 2 atom stereocenters. The van der Waals surface area contributed by atoms with Crippen LogP contribution in [0.25, 0.3) is 0 Å². The zero-order valence-corrected chi connectivity index (χ0v) is 14.9. The van der Waals surface area contributed by atoms with Crippen molar-refractivity contribution in [3.63, 3.8) is 0 Å². The molecule has 0 radical (unpaired) electrons. The molecule has 2 aromatic rings. The number of nitrogens with zero attached hydrogens (tertiary/aromatic N) is 2. The summed E-state index contributed by atoms with van der Waals surface area (Å²) in [6, 6.07) is 9.98. The zero-order chi connectivity index (χ0) is 17.9. The molecule has 0 aliphatic carbocycles. The number of hydrogen-bond donors (Lipinski definition) is 1. The van der Waals surface area contributed by atoms with Gasteiger partial charge in [-0.05, 0) is 17.7 Å². The van der Waals surface area contributed by atoms with Crippen molar-refractivity contribution in [3.8, 4) is 11.5 Å². The van der Waals surface area contributed by atoms with Crippen LogP contribution in [-0.2, 0) is 11.3 Å². The normalized spacial score (nSPS) is 21.9. The smallest absolute Gasteiger partial charge is 0.223 e. The highest BCUT2D eigenvalue weighted by molar-refractivity contribution is 5.79. The molecule has 1 aromatic heterocycles. The Kier molecular flexibility index (Phi) is 4.75. The minimum atomic E-state index is 0.0629. The van der Waals surface area contributed by atoms with Crippen LogP contribution in [0, 0.1) is 5.92 Å². The van der Waals surface area contributed by atoms with Crippen molar-refractivity contribution in [1.82, 2.24) is 15.2 Å². The predicted octanol–water partition coefficient (Wildman–Crippen LogP) is 2.16. The van der Waals surface area contributed by atoms with Gasteiger partial charge in [0, 0.05) is 50.4 Å². The Bertz CT molecular complexity index is 781. The molecule has 1 amide bonds. The molecule has 0 saturated carbocycles. The predicted molar refractivity (Wildman–Crippen MR) is 97.0 cm³/mol. The van der Waals surface area contributed by atoms with E-state index in [1.807, 2.05) is 48.5 Å². The van der Waals surface area contributed by atoms with E-state index in [-0.39, 0.29) is 17.9 Å². The van der Waals surface area contributed by atoms with Crippen molar-refractivity contribution in [2.24, 2.45) is 5.92 Å². The fourth-order valence-electron chi connectivity index (χ4n) is 3.85. The molecule has 6 heteroatoms. The van der Waals surface area contributed by atoms with E-state index in [0.717, 1.165) is 29.2 Å². The third-order valence-corrected chi connectivity index (χ3v) is 5.09. The molecular formula is C20H23N3O3. The largest absolute Gasteiger partial charge is 0.486 e. The second-order valence-electron chi connectivity index (χ2n) is 6.77. The summed E-state index contributed by atoms with van der Waals surface area (Å²) in [5.41, 5.74) is 2.17. The second kappa shape index (κ2) is 7.33. The Balaban J connectivity index is 1.43. The standard InChI is InChI=1S/C20H23N3O3/c1-23-18(24)10-16(19(23)14-5-3-7-21-11-14)13-22-12-15-4-2-6-17-20(15)26-9-8-25-17/h2-7,11,16,19,22H,8-10,12-13H2,1H3/t16-,19-/m0/s1. The topological polar surface area (TPSA) is 63.7 Å². The van der Waals surface area contributed by atoms with Crippen molar-refractivity contribution in [2.75, 3.05) is 26.8 Å². The first kappa shape index (κ1) is 16.8. The average Bonchev–Trinajstić information content (AvgIpc) is 2.96. The lowest BCUT2D eigenvalue weighted by atomic mass is 9.94. The van der Waals surface area contributed by atoms with E-state index >= 15 is 0 Å². The van der Waals surface area contributed by atoms with Gasteiger partial charge in [0.25, 0.3) is 0 Å². The van der Waals surface area contributed by atoms with Gasteiger partial charge in [-0.2, -0.15) is 0 Å². The summed E-state index contributed by atoms with van der Waals surface area (Å²) in [5.74, 6) is 2.03. The van der Waals surface area contributed by atoms with Gasteiger partial charge in [0.2, 0.25) is 5.91 Å². The Labute approximate surface area is 153 Å². The fraction of sp³-hybridized carbons (Fsp3) is 0.400. The molecule has 136 valence electrons. The molecule has 1 saturated heterocycles. The number of rotatable bonds is 5. The van der Waals surface area contributed by atoms with E-state index in [4.69, 9.17) is 9.47 Å². The summed E-state index contributed by atoms with van der Waals surface area (Å²) < 4.78 is 11.4. The summed E-state index contributed by atoms with van der Waals surface area (Å²) >= 11 is 0. The molecule has 26 heavy (non-hydrogen) atoms. The van der Waals surface area contributed by atoms with Gasteiger partial charge in [-0.25, -0.2) is 0 Å². The number of ether oxygens (including phenoxy) is 2. The Hall–Kier alpha value is -2.60. The third-order valence-electron chi connectivity index (χ3n) is 5.09. The highest BCUT2D eigenvalue weighted by atomic mass is 16.6. The number of pyridine rings is 1. The van der Waals surface area contributed by atoms with Crippen molar-refractivity contribution in [3.05, 3.63) is 53.9 Å². The first-order valence-corrected chi connectivity index (χ1v) is 8.98. The number of aromatic nitrogens is 1. The molecule has 4 rings (SSSR count). The van der Waals surface area contributed by atoms with Gasteiger partial charge in [0.05, 0.1) is 6.04 Å². The lowest BCUT2D eigenvalue weighted by molar-refractivity contribution is -0.127. The number of nitrogens with one attached hydrogen (secondary N) is 1. The van der Waals surface area contributed by atoms with Crippen LogP contribution in [0.4, 0.5) is 0 Å². The molecular weight excluding hydrogens is 330 g/mol. The van der Waals surface area contributed by atoms with Crippen LogP contribution in [0.1, 0.15) is 23.6 Å². The number of fused-ring (bicyclic) bond motifs is 1. The molecule has 2 aliphatic rings. The number of likely N-dealkylation sites (tertiary alicyclic amines) is 1. The van der Waals surface area contributed by atoms with Crippen molar-refractivity contribution in [1.29, 1.82) is 0 Å². The molecule has 0 spiro atoms. The lowest BCUT2D eigenvalue weighted by Crippen LogP contribution is -2.29. The number of hydrogen-bond acceptors (Lipinski definition) is 5. The summed E-state index contributed by atoms with van der Waals surface area (Å²) in [6.45, 7) is 2.60. The Morgan fingerprint density at radius 2 is 2.12 bits per heavy atom. The molecule has 1 aromatic carbocycles. The Morgan fingerprint density at radius 3 is 2.96 bits per heavy atom. The van der Waals surface area contributed by atoms with Crippen LogP contribution in [0.15, 0.2) is 42.7 Å². The van der Waals surface area contributed by atoms with E-state index < -0.39 is 0 Å². The number of benzene rings is 1. The van der Waals surface area contributed by atoms with Crippen LogP contribution in [0.2, 0.25) is 0 Å². The van der Waals surface area contributed by atoms with Gasteiger partial charge in [-0.3, -0.25) is 9.78 Å². The van der Waals surface area contributed by atoms with Crippen LogP contribution in [-0.4, -0.2) is 42.6 Å². The number of carbonyl (C=O) groups is 1. The molecule has 1 fully saturated rings. The van der Waals surface area contributed by atoms with Gasteiger partial charge < -0.3 is 19.7 Å². The maximum absolute atomic E-state index is 12.2. The maximum Gasteiger partial charge on any atom is 0.223 e. The second-order valence-corrected chi connectivity index (χ2v) is 6.77. The van der Waals surface area contributed by atoms with Gasteiger partial charge >= 0.3 is 0 Å². The summed E-state index contributed by atoms with van der Waals surface area (Å²) in [4.78, 5) is 18.3. The van der Waals surface area contributed by atoms with E-state index in [0.29, 0.717) is 26.2 Å².